The first-order valence-electron chi connectivity index (χ1n) is 6.37. The van der Waals surface area contributed by atoms with Crippen LogP contribution in [0.5, 0.6) is 0 Å². The molecule has 1 saturated carbocycles. The summed E-state index contributed by atoms with van der Waals surface area (Å²) < 4.78 is 42.6. The van der Waals surface area contributed by atoms with E-state index in [1.807, 2.05) is 0 Å². The summed E-state index contributed by atoms with van der Waals surface area (Å²) in [6.07, 6.45) is -4.78. The molecular formula is C13H15F3O4. The number of aromatic carboxylic acids is 1. The molecule has 1 atom stereocenters. The molecule has 0 aliphatic heterocycles. The largest absolute Gasteiger partial charge is 0.475 e. The zero-order valence-corrected chi connectivity index (χ0v) is 10.6. The molecule has 2 N–H and O–H groups in total. The van der Waals surface area contributed by atoms with Gasteiger partial charge < -0.3 is 14.6 Å². The maximum atomic E-state index is 12.5. The number of carboxylic acids is 1. The minimum Gasteiger partial charge on any atom is -0.475 e. The number of carboxylic acid groups (broad SMARTS) is 1. The Bertz CT molecular complexity index is 472. The molecule has 20 heavy (non-hydrogen) atoms. The Morgan fingerprint density at radius 1 is 1.25 bits per heavy atom. The molecule has 112 valence electrons. The highest BCUT2D eigenvalue weighted by Crippen LogP contribution is 2.43. The van der Waals surface area contributed by atoms with Crippen LogP contribution in [0.3, 0.4) is 0 Å². The van der Waals surface area contributed by atoms with Crippen molar-refractivity contribution in [3.63, 3.8) is 0 Å². The molecule has 1 unspecified atom stereocenters. The van der Waals surface area contributed by atoms with Gasteiger partial charge in [-0.05, 0) is 43.7 Å². The molecule has 1 heterocycles. The molecule has 0 radical (unpaired) electrons. The van der Waals surface area contributed by atoms with Gasteiger partial charge in [0.2, 0.25) is 5.76 Å². The van der Waals surface area contributed by atoms with E-state index in [4.69, 9.17) is 9.52 Å². The van der Waals surface area contributed by atoms with Gasteiger partial charge in [-0.15, -0.1) is 0 Å². The molecule has 4 nitrogen and oxygen atoms in total. The third-order valence-corrected chi connectivity index (χ3v) is 3.81. The first kappa shape index (κ1) is 14.9. The maximum absolute atomic E-state index is 12.5. The Morgan fingerprint density at radius 3 is 2.30 bits per heavy atom. The van der Waals surface area contributed by atoms with Crippen LogP contribution in [0.15, 0.2) is 16.5 Å². The van der Waals surface area contributed by atoms with Gasteiger partial charge >= 0.3 is 12.1 Å². The number of carbonyl (C=O) groups is 1. The standard InChI is InChI=1S/C13H15F3O4/c14-13(15,16)8-3-1-7(2-4-8)11(17)9-5-6-10(20-9)12(18)19/h5-8,11,17H,1-4H2,(H,18,19). The highest BCUT2D eigenvalue weighted by molar-refractivity contribution is 5.84. The fourth-order valence-corrected chi connectivity index (χ4v) is 2.62. The Hall–Kier alpha value is -1.50. The van der Waals surface area contributed by atoms with Gasteiger partial charge in [-0.2, -0.15) is 13.2 Å². The van der Waals surface area contributed by atoms with Crippen molar-refractivity contribution in [2.75, 3.05) is 0 Å². The molecule has 1 fully saturated rings. The minimum absolute atomic E-state index is 0.0161. The number of aliphatic hydroxyl groups is 1. The van der Waals surface area contributed by atoms with Crippen molar-refractivity contribution in [3.05, 3.63) is 23.7 Å². The van der Waals surface area contributed by atoms with Crippen molar-refractivity contribution in [1.82, 2.24) is 0 Å². The van der Waals surface area contributed by atoms with Gasteiger partial charge in [0.25, 0.3) is 0 Å². The minimum atomic E-state index is -4.18. The van der Waals surface area contributed by atoms with Crippen LogP contribution in [0.2, 0.25) is 0 Å². The molecule has 1 aliphatic rings. The van der Waals surface area contributed by atoms with Crippen molar-refractivity contribution < 1.29 is 32.6 Å². The van der Waals surface area contributed by atoms with Crippen LogP contribution in [0.25, 0.3) is 0 Å². The lowest BCUT2D eigenvalue weighted by molar-refractivity contribution is -0.186. The Labute approximate surface area is 113 Å². The van der Waals surface area contributed by atoms with Gasteiger partial charge in [-0.25, -0.2) is 4.79 Å². The summed E-state index contributed by atoms with van der Waals surface area (Å²) in [7, 11) is 0. The predicted octanol–water partition coefficient (Wildman–Crippen LogP) is 3.38. The smallest absolute Gasteiger partial charge is 0.391 e. The number of halogens is 3. The Kier molecular flexibility index (Phi) is 4.08. The molecule has 1 aromatic rings. The van der Waals surface area contributed by atoms with Crippen LogP contribution in [-0.4, -0.2) is 22.4 Å². The molecule has 1 aliphatic carbocycles. The van der Waals surface area contributed by atoms with Crippen molar-refractivity contribution in [1.29, 1.82) is 0 Å². The summed E-state index contributed by atoms with van der Waals surface area (Å²) in [6.45, 7) is 0. The molecule has 0 aromatic carbocycles. The van der Waals surface area contributed by atoms with Gasteiger partial charge in [0.05, 0.1) is 5.92 Å². The summed E-state index contributed by atoms with van der Waals surface area (Å²) >= 11 is 0. The molecule has 0 saturated heterocycles. The normalized spacial score (nSPS) is 25.4. The number of aliphatic hydroxyl groups excluding tert-OH is 1. The molecule has 0 bridgehead atoms. The zero-order valence-electron chi connectivity index (χ0n) is 10.6. The summed E-state index contributed by atoms with van der Waals surface area (Å²) in [5.41, 5.74) is 0. The van der Waals surface area contributed by atoms with Gasteiger partial charge in [-0.1, -0.05) is 0 Å². The van der Waals surface area contributed by atoms with Crippen LogP contribution in [0, 0.1) is 11.8 Å². The predicted molar refractivity (Wildman–Crippen MR) is 62.1 cm³/mol. The molecule has 2 rings (SSSR count). The Morgan fingerprint density at radius 2 is 1.85 bits per heavy atom. The number of hydrogen-bond acceptors (Lipinski definition) is 3. The van der Waals surface area contributed by atoms with E-state index in [0.717, 1.165) is 0 Å². The lowest BCUT2D eigenvalue weighted by Gasteiger charge is -2.31. The summed E-state index contributed by atoms with van der Waals surface area (Å²) in [6, 6.07) is 2.58. The number of alkyl halides is 3. The van der Waals surface area contributed by atoms with Gasteiger partial charge in [-0.3, -0.25) is 0 Å². The van der Waals surface area contributed by atoms with E-state index in [1.165, 1.54) is 12.1 Å². The lowest BCUT2D eigenvalue weighted by Crippen LogP contribution is -2.29. The third-order valence-electron chi connectivity index (χ3n) is 3.81. The molecule has 0 spiro atoms. The maximum Gasteiger partial charge on any atom is 0.391 e. The molecule has 1 aromatic heterocycles. The van der Waals surface area contributed by atoms with Crippen molar-refractivity contribution in [3.8, 4) is 0 Å². The number of furan rings is 1. The van der Waals surface area contributed by atoms with Crippen LogP contribution >= 0.6 is 0 Å². The van der Waals surface area contributed by atoms with E-state index >= 15 is 0 Å². The monoisotopic (exact) mass is 292 g/mol. The number of hydrogen-bond donors (Lipinski definition) is 2. The van der Waals surface area contributed by atoms with Crippen LogP contribution in [0.1, 0.15) is 48.1 Å². The van der Waals surface area contributed by atoms with Crippen LogP contribution < -0.4 is 0 Å². The average molecular weight is 292 g/mol. The summed E-state index contributed by atoms with van der Waals surface area (Å²) in [5.74, 6) is -3.08. The van der Waals surface area contributed by atoms with Gasteiger partial charge in [0, 0.05) is 0 Å². The topological polar surface area (TPSA) is 70.7 Å². The van der Waals surface area contributed by atoms with E-state index in [2.05, 4.69) is 0 Å². The highest BCUT2D eigenvalue weighted by Gasteiger charge is 2.42. The van der Waals surface area contributed by atoms with Gasteiger partial charge in [0.1, 0.15) is 11.9 Å². The zero-order chi connectivity index (χ0) is 14.9. The van der Waals surface area contributed by atoms with Crippen molar-refractivity contribution in [2.24, 2.45) is 11.8 Å². The van der Waals surface area contributed by atoms with Crippen molar-refractivity contribution in [2.45, 2.75) is 38.0 Å². The Balaban J connectivity index is 1.97. The second kappa shape index (κ2) is 5.47. The van der Waals surface area contributed by atoms with E-state index in [-0.39, 0.29) is 43.1 Å². The van der Waals surface area contributed by atoms with E-state index in [9.17, 15) is 23.1 Å². The molecule has 7 heteroatoms. The van der Waals surface area contributed by atoms with E-state index in [1.54, 1.807) is 0 Å². The summed E-state index contributed by atoms with van der Waals surface area (Å²) in [5, 5.41) is 18.8. The van der Waals surface area contributed by atoms with Crippen molar-refractivity contribution >= 4 is 5.97 Å². The highest BCUT2D eigenvalue weighted by atomic mass is 19.4. The van der Waals surface area contributed by atoms with E-state index < -0.39 is 24.2 Å². The lowest BCUT2D eigenvalue weighted by atomic mass is 9.78. The van der Waals surface area contributed by atoms with Gasteiger partial charge in [0.15, 0.2) is 0 Å². The SMILES string of the molecule is O=C(O)c1ccc(C(O)C2CCC(C(F)(F)F)CC2)o1. The second-order valence-electron chi connectivity index (χ2n) is 5.11. The third kappa shape index (κ3) is 3.15. The first-order chi connectivity index (χ1) is 9.29. The average Bonchev–Trinajstić information content (AvgIpc) is 2.86. The quantitative estimate of drug-likeness (QED) is 0.896. The van der Waals surface area contributed by atoms with Crippen LogP contribution in [-0.2, 0) is 0 Å². The summed E-state index contributed by atoms with van der Waals surface area (Å²) in [4.78, 5) is 10.7. The van der Waals surface area contributed by atoms with E-state index in [0.29, 0.717) is 0 Å². The second-order valence-corrected chi connectivity index (χ2v) is 5.11. The number of rotatable bonds is 3. The fourth-order valence-electron chi connectivity index (χ4n) is 2.62. The van der Waals surface area contributed by atoms with Crippen LogP contribution in [0.4, 0.5) is 13.2 Å². The fraction of sp³-hybridized carbons (Fsp3) is 0.615. The molecular weight excluding hydrogens is 277 g/mol. The molecule has 0 amide bonds. The first-order valence-corrected chi connectivity index (χ1v) is 6.37.